The minimum absolute atomic E-state index is 0.0880. The molecule has 2 nitrogen and oxygen atoms in total. The van der Waals surface area contributed by atoms with Crippen LogP contribution in [0.25, 0.3) is 0 Å². The van der Waals surface area contributed by atoms with Crippen molar-refractivity contribution in [1.29, 1.82) is 0 Å². The van der Waals surface area contributed by atoms with E-state index in [2.05, 4.69) is 22.6 Å². The number of halogens is 1. The van der Waals surface area contributed by atoms with Crippen molar-refractivity contribution in [2.75, 3.05) is 0 Å². The molecule has 98 valence electrons. The Hall–Kier alpha value is -1.20. The second kappa shape index (κ2) is 6.82. The number of carbonyl (C=O) groups is 1. The van der Waals surface area contributed by atoms with Crippen molar-refractivity contribution >= 4 is 28.4 Å². The second-order valence-electron chi connectivity index (χ2n) is 4.57. The third-order valence-corrected chi connectivity index (χ3v) is 3.72. The molecule has 0 aromatic heterocycles. The molecule has 2 N–H and O–H groups in total. The van der Waals surface area contributed by atoms with Gasteiger partial charge in [-0.1, -0.05) is 42.5 Å². The average Bonchev–Trinajstić information content (AvgIpc) is 2.42. The predicted molar refractivity (Wildman–Crippen MR) is 86.0 cm³/mol. The summed E-state index contributed by atoms with van der Waals surface area (Å²) in [6, 6.07) is 17.4. The van der Waals surface area contributed by atoms with Crippen LogP contribution in [0.15, 0.2) is 54.6 Å². The van der Waals surface area contributed by atoms with E-state index in [0.29, 0.717) is 12.8 Å². The fraction of sp³-hybridized carbons (Fsp3) is 0.188. The molecule has 2 rings (SSSR count). The van der Waals surface area contributed by atoms with Crippen LogP contribution in [0.1, 0.15) is 11.1 Å². The number of carbonyl (C=O) groups excluding carboxylic acids is 1. The summed E-state index contributed by atoms with van der Waals surface area (Å²) in [6.07, 6.45) is 1.01. The smallest absolute Gasteiger partial charge is 0.154 e. The molecule has 2 aromatic carbocycles. The van der Waals surface area contributed by atoms with Crippen molar-refractivity contribution in [3.8, 4) is 0 Å². The van der Waals surface area contributed by atoms with Gasteiger partial charge in [-0.2, -0.15) is 0 Å². The normalized spacial score (nSPS) is 12.1. The van der Waals surface area contributed by atoms with Crippen molar-refractivity contribution < 1.29 is 4.79 Å². The molecule has 0 aliphatic heterocycles. The van der Waals surface area contributed by atoms with E-state index in [-0.39, 0.29) is 5.78 Å². The standard InChI is InChI=1S/C16H16INO/c17-14-8-6-13(7-9-14)11-16(19)15(18)10-12-4-2-1-3-5-12/h1-9,15H,10-11,18H2. The maximum atomic E-state index is 12.1. The third kappa shape index (κ3) is 4.44. The Bertz CT molecular complexity index is 536. The Morgan fingerprint density at radius 2 is 1.63 bits per heavy atom. The van der Waals surface area contributed by atoms with Crippen LogP contribution in [0.5, 0.6) is 0 Å². The van der Waals surface area contributed by atoms with Crippen LogP contribution in [-0.4, -0.2) is 11.8 Å². The summed E-state index contributed by atoms with van der Waals surface area (Å²) in [7, 11) is 0. The highest BCUT2D eigenvalue weighted by Crippen LogP contribution is 2.09. The third-order valence-electron chi connectivity index (χ3n) is 3.00. The lowest BCUT2D eigenvalue weighted by atomic mass is 9.99. The fourth-order valence-electron chi connectivity index (χ4n) is 1.92. The zero-order chi connectivity index (χ0) is 13.7. The van der Waals surface area contributed by atoms with Crippen molar-refractivity contribution in [2.45, 2.75) is 18.9 Å². The lowest BCUT2D eigenvalue weighted by Crippen LogP contribution is -2.33. The Morgan fingerprint density at radius 3 is 2.26 bits per heavy atom. The van der Waals surface area contributed by atoms with E-state index >= 15 is 0 Å². The molecule has 0 radical (unpaired) electrons. The van der Waals surface area contributed by atoms with Gasteiger partial charge < -0.3 is 5.73 Å². The van der Waals surface area contributed by atoms with Crippen LogP contribution >= 0.6 is 22.6 Å². The summed E-state index contributed by atoms with van der Waals surface area (Å²) in [5.41, 5.74) is 8.10. The number of hydrogen-bond donors (Lipinski definition) is 1. The molecule has 2 aromatic rings. The van der Waals surface area contributed by atoms with E-state index in [0.717, 1.165) is 11.1 Å². The summed E-state index contributed by atoms with van der Waals surface area (Å²) < 4.78 is 1.17. The molecule has 1 atom stereocenters. The van der Waals surface area contributed by atoms with Gasteiger partial charge in [-0.3, -0.25) is 4.79 Å². The van der Waals surface area contributed by atoms with Gasteiger partial charge in [0.15, 0.2) is 5.78 Å². The van der Waals surface area contributed by atoms with Gasteiger partial charge >= 0.3 is 0 Å². The average molecular weight is 365 g/mol. The zero-order valence-corrected chi connectivity index (χ0v) is 12.7. The van der Waals surface area contributed by atoms with Crippen molar-refractivity contribution in [2.24, 2.45) is 5.73 Å². The van der Waals surface area contributed by atoms with Gasteiger partial charge in [0, 0.05) is 9.99 Å². The Balaban J connectivity index is 1.94. The van der Waals surface area contributed by atoms with E-state index in [1.165, 1.54) is 3.57 Å². The molecule has 0 bridgehead atoms. The van der Waals surface area contributed by atoms with Gasteiger partial charge in [0.2, 0.25) is 0 Å². The Morgan fingerprint density at radius 1 is 1.00 bits per heavy atom. The first-order valence-electron chi connectivity index (χ1n) is 6.22. The first kappa shape index (κ1) is 14.2. The van der Waals surface area contributed by atoms with Gasteiger partial charge in [0.25, 0.3) is 0 Å². The summed E-state index contributed by atoms with van der Waals surface area (Å²) in [5, 5.41) is 0. The lowest BCUT2D eigenvalue weighted by molar-refractivity contribution is -0.119. The SMILES string of the molecule is NC(Cc1ccccc1)C(=O)Cc1ccc(I)cc1. The summed E-state index contributed by atoms with van der Waals surface area (Å²) in [4.78, 5) is 12.1. The zero-order valence-electron chi connectivity index (χ0n) is 10.6. The molecule has 19 heavy (non-hydrogen) atoms. The monoisotopic (exact) mass is 365 g/mol. The first-order chi connectivity index (χ1) is 9.15. The molecule has 0 fully saturated rings. The largest absolute Gasteiger partial charge is 0.321 e. The summed E-state index contributed by atoms with van der Waals surface area (Å²) in [5.74, 6) is 0.0880. The van der Waals surface area contributed by atoms with Gasteiger partial charge in [-0.15, -0.1) is 0 Å². The number of hydrogen-bond acceptors (Lipinski definition) is 2. The molecular weight excluding hydrogens is 349 g/mol. The summed E-state index contributed by atoms with van der Waals surface area (Å²) in [6.45, 7) is 0. The molecule has 0 amide bonds. The highest BCUT2D eigenvalue weighted by molar-refractivity contribution is 14.1. The van der Waals surface area contributed by atoms with Crippen LogP contribution < -0.4 is 5.73 Å². The van der Waals surface area contributed by atoms with E-state index < -0.39 is 6.04 Å². The Kier molecular flexibility index (Phi) is 5.10. The molecule has 1 unspecified atom stereocenters. The molecule has 0 heterocycles. The number of nitrogens with two attached hydrogens (primary N) is 1. The molecule has 0 saturated carbocycles. The maximum absolute atomic E-state index is 12.1. The van der Waals surface area contributed by atoms with E-state index in [1.807, 2.05) is 54.6 Å². The molecular formula is C16H16INO. The number of ketones is 1. The van der Waals surface area contributed by atoms with Crippen LogP contribution in [0.2, 0.25) is 0 Å². The second-order valence-corrected chi connectivity index (χ2v) is 5.81. The molecule has 0 spiro atoms. The fourth-order valence-corrected chi connectivity index (χ4v) is 2.28. The van der Waals surface area contributed by atoms with Crippen LogP contribution in [-0.2, 0) is 17.6 Å². The first-order valence-corrected chi connectivity index (χ1v) is 7.29. The van der Waals surface area contributed by atoms with Crippen LogP contribution in [0.3, 0.4) is 0 Å². The highest BCUT2D eigenvalue weighted by Gasteiger charge is 2.14. The van der Waals surface area contributed by atoms with Crippen molar-refractivity contribution in [3.05, 3.63) is 69.3 Å². The lowest BCUT2D eigenvalue weighted by Gasteiger charge is -2.10. The van der Waals surface area contributed by atoms with Crippen LogP contribution in [0.4, 0.5) is 0 Å². The maximum Gasteiger partial charge on any atom is 0.154 e. The molecule has 0 saturated heterocycles. The minimum atomic E-state index is -0.429. The number of benzene rings is 2. The van der Waals surface area contributed by atoms with Gasteiger partial charge in [0.05, 0.1) is 6.04 Å². The summed E-state index contributed by atoms with van der Waals surface area (Å²) >= 11 is 2.25. The van der Waals surface area contributed by atoms with Gasteiger partial charge in [-0.05, 0) is 52.3 Å². The van der Waals surface area contributed by atoms with Gasteiger partial charge in [-0.25, -0.2) is 0 Å². The topological polar surface area (TPSA) is 43.1 Å². The van der Waals surface area contributed by atoms with Gasteiger partial charge in [0.1, 0.15) is 0 Å². The van der Waals surface area contributed by atoms with Crippen molar-refractivity contribution in [1.82, 2.24) is 0 Å². The van der Waals surface area contributed by atoms with E-state index in [9.17, 15) is 4.79 Å². The van der Waals surface area contributed by atoms with Crippen LogP contribution in [0, 0.1) is 3.57 Å². The quantitative estimate of drug-likeness (QED) is 0.828. The molecule has 0 aliphatic carbocycles. The molecule has 0 aliphatic rings. The highest BCUT2D eigenvalue weighted by atomic mass is 127. The van der Waals surface area contributed by atoms with Crippen molar-refractivity contribution in [3.63, 3.8) is 0 Å². The van der Waals surface area contributed by atoms with E-state index in [4.69, 9.17) is 5.73 Å². The Labute approximate surface area is 127 Å². The number of Topliss-reactive ketones (excluding diaryl/α,β-unsaturated/α-hetero) is 1. The predicted octanol–water partition coefficient (Wildman–Crippen LogP) is 2.97. The minimum Gasteiger partial charge on any atom is -0.321 e. The van der Waals surface area contributed by atoms with E-state index in [1.54, 1.807) is 0 Å². The molecule has 3 heteroatoms. The number of rotatable bonds is 5.